The van der Waals surface area contributed by atoms with E-state index < -0.39 is 0 Å². The first kappa shape index (κ1) is 16.1. The van der Waals surface area contributed by atoms with Crippen molar-refractivity contribution in [2.75, 3.05) is 6.61 Å². The largest absolute Gasteiger partial charge is 0.494 e. The first-order valence-electron chi connectivity index (χ1n) is 8.02. The molecule has 22 heavy (non-hydrogen) atoms. The molecule has 0 radical (unpaired) electrons. The highest BCUT2D eigenvalue weighted by Crippen LogP contribution is 2.15. The molecule has 2 nitrogen and oxygen atoms in total. The third-order valence-electron chi connectivity index (χ3n) is 3.66. The highest BCUT2D eigenvalue weighted by atomic mass is 16.5. The molecule has 2 heteroatoms. The number of aryl methyl sites for hydroxylation is 2. The molecule has 2 aromatic carbocycles. The standard InChI is InChI=1S/C20H23NO/c1-2-15-22-20-13-11-18(12-14-20)6-4-3-5-17-7-9-19(16-21)10-8-17/h7-14H,2-6,15H2,1H3. The minimum Gasteiger partial charge on any atom is -0.494 e. The predicted octanol–water partition coefficient (Wildman–Crippen LogP) is 4.91. The summed E-state index contributed by atoms with van der Waals surface area (Å²) in [6.07, 6.45) is 5.56. The number of hydrogen-bond acceptors (Lipinski definition) is 2. The van der Waals surface area contributed by atoms with Gasteiger partial charge in [0.25, 0.3) is 0 Å². The Morgan fingerprint density at radius 3 is 1.91 bits per heavy atom. The molecule has 0 aromatic heterocycles. The van der Waals surface area contributed by atoms with Crippen molar-refractivity contribution < 1.29 is 4.74 Å². The fourth-order valence-electron chi connectivity index (χ4n) is 2.38. The number of nitriles is 1. The zero-order valence-electron chi connectivity index (χ0n) is 13.2. The average molecular weight is 293 g/mol. The maximum absolute atomic E-state index is 8.78. The van der Waals surface area contributed by atoms with Gasteiger partial charge in [0.15, 0.2) is 0 Å². The van der Waals surface area contributed by atoms with E-state index in [4.69, 9.17) is 10.00 Å². The van der Waals surface area contributed by atoms with Crippen LogP contribution >= 0.6 is 0 Å². The van der Waals surface area contributed by atoms with E-state index in [1.54, 1.807) is 0 Å². The van der Waals surface area contributed by atoms with Gasteiger partial charge in [-0.25, -0.2) is 0 Å². The van der Waals surface area contributed by atoms with E-state index in [1.807, 2.05) is 12.1 Å². The third-order valence-corrected chi connectivity index (χ3v) is 3.66. The van der Waals surface area contributed by atoms with E-state index in [9.17, 15) is 0 Å². The Bertz CT molecular complexity index is 593. The zero-order chi connectivity index (χ0) is 15.6. The molecule has 0 bridgehead atoms. The van der Waals surface area contributed by atoms with Crippen molar-refractivity contribution in [3.8, 4) is 11.8 Å². The molecule has 0 saturated heterocycles. The lowest BCUT2D eigenvalue weighted by Gasteiger charge is -2.06. The van der Waals surface area contributed by atoms with Gasteiger partial charge in [0.1, 0.15) is 5.75 Å². The SMILES string of the molecule is CCCOc1ccc(CCCCc2ccc(C#N)cc2)cc1. The predicted molar refractivity (Wildman–Crippen MR) is 90.0 cm³/mol. The molecule has 0 heterocycles. The number of nitrogens with zero attached hydrogens (tertiary/aromatic N) is 1. The fourth-order valence-corrected chi connectivity index (χ4v) is 2.38. The first-order valence-corrected chi connectivity index (χ1v) is 8.02. The van der Waals surface area contributed by atoms with Crippen LogP contribution < -0.4 is 4.74 Å². The topological polar surface area (TPSA) is 33.0 Å². The van der Waals surface area contributed by atoms with Crippen molar-refractivity contribution in [2.45, 2.75) is 39.0 Å². The molecule has 0 aliphatic carbocycles. The Kier molecular flexibility index (Phi) is 6.51. The van der Waals surface area contributed by atoms with Gasteiger partial charge >= 0.3 is 0 Å². The second-order valence-electron chi connectivity index (χ2n) is 5.51. The number of unbranched alkanes of at least 4 members (excludes halogenated alkanes) is 1. The van der Waals surface area contributed by atoms with Gasteiger partial charge in [0.05, 0.1) is 18.2 Å². The molecule has 0 unspecified atom stereocenters. The highest BCUT2D eigenvalue weighted by Gasteiger charge is 1.98. The van der Waals surface area contributed by atoms with Crippen LogP contribution in [0.5, 0.6) is 5.75 Å². The van der Waals surface area contributed by atoms with E-state index >= 15 is 0 Å². The zero-order valence-corrected chi connectivity index (χ0v) is 13.2. The van der Waals surface area contributed by atoms with Crippen LogP contribution in [0.4, 0.5) is 0 Å². The van der Waals surface area contributed by atoms with Crippen molar-refractivity contribution in [3.63, 3.8) is 0 Å². The van der Waals surface area contributed by atoms with Crippen LogP contribution in [0.15, 0.2) is 48.5 Å². The monoisotopic (exact) mass is 293 g/mol. The van der Waals surface area contributed by atoms with Gasteiger partial charge in [-0.05, 0) is 67.5 Å². The molecule has 0 atom stereocenters. The summed E-state index contributed by atoms with van der Waals surface area (Å²) in [5.74, 6) is 0.961. The van der Waals surface area contributed by atoms with Crippen LogP contribution in [0.3, 0.4) is 0 Å². The molecule has 2 rings (SSSR count). The summed E-state index contributed by atoms with van der Waals surface area (Å²) < 4.78 is 5.59. The van der Waals surface area contributed by atoms with Gasteiger partial charge in [0.2, 0.25) is 0 Å². The number of rotatable bonds is 8. The molecular weight excluding hydrogens is 270 g/mol. The molecule has 0 amide bonds. The van der Waals surface area contributed by atoms with E-state index in [0.717, 1.165) is 37.2 Å². The van der Waals surface area contributed by atoms with Crippen LogP contribution in [0.1, 0.15) is 42.9 Å². The Hall–Kier alpha value is -2.27. The molecule has 0 N–H and O–H groups in total. The van der Waals surface area contributed by atoms with Crippen molar-refractivity contribution in [2.24, 2.45) is 0 Å². The molecule has 0 aliphatic heterocycles. The Morgan fingerprint density at radius 2 is 1.41 bits per heavy atom. The maximum Gasteiger partial charge on any atom is 0.119 e. The Morgan fingerprint density at radius 1 is 0.864 bits per heavy atom. The van der Waals surface area contributed by atoms with Crippen LogP contribution in [0.2, 0.25) is 0 Å². The average Bonchev–Trinajstić information content (AvgIpc) is 2.58. The molecule has 0 spiro atoms. The smallest absolute Gasteiger partial charge is 0.119 e. The normalized spacial score (nSPS) is 10.2. The van der Waals surface area contributed by atoms with Gasteiger partial charge in [-0.1, -0.05) is 31.2 Å². The van der Waals surface area contributed by atoms with Crippen LogP contribution in [0, 0.1) is 11.3 Å². The summed E-state index contributed by atoms with van der Waals surface area (Å²) in [4.78, 5) is 0. The third kappa shape index (κ3) is 5.26. The van der Waals surface area contributed by atoms with Gasteiger partial charge < -0.3 is 4.74 Å². The van der Waals surface area contributed by atoms with Gasteiger partial charge in [-0.2, -0.15) is 5.26 Å². The van der Waals surface area contributed by atoms with Gasteiger partial charge in [-0.15, -0.1) is 0 Å². The molecule has 0 aliphatic rings. The maximum atomic E-state index is 8.78. The number of benzene rings is 2. The number of ether oxygens (including phenoxy) is 1. The summed E-state index contributed by atoms with van der Waals surface area (Å²) in [6.45, 7) is 2.90. The molecular formula is C20H23NO. The molecule has 2 aromatic rings. The van der Waals surface area contributed by atoms with Crippen molar-refractivity contribution in [1.29, 1.82) is 5.26 Å². The lowest BCUT2D eigenvalue weighted by Crippen LogP contribution is -1.95. The number of hydrogen-bond donors (Lipinski definition) is 0. The van der Waals surface area contributed by atoms with E-state index in [2.05, 4.69) is 49.4 Å². The lowest BCUT2D eigenvalue weighted by atomic mass is 10.0. The van der Waals surface area contributed by atoms with Crippen molar-refractivity contribution >= 4 is 0 Å². The summed E-state index contributed by atoms with van der Waals surface area (Å²) >= 11 is 0. The van der Waals surface area contributed by atoms with Crippen LogP contribution in [-0.2, 0) is 12.8 Å². The molecule has 114 valence electrons. The van der Waals surface area contributed by atoms with Gasteiger partial charge in [-0.3, -0.25) is 0 Å². The first-order chi connectivity index (χ1) is 10.8. The second-order valence-corrected chi connectivity index (χ2v) is 5.51. The second kappa shape index (κ2) is 8.89. The quantitative estimate of drug-likeness (QED) is 0.648. The summed E-state index contributed by atoms with van der Waals surface area (Å²) in [6, 6.07) is 18.5. The van der Waals surface area contributed by atoms with Crippen molar-refractivity contribution in [1.82, 2.24) is 0 Å². The van der Waals surface area contributed by atoms with Crippen molar-refractivity contribution in [3.05, 3.63) is 65.2 Å². The lowest BCUT2D eigenvalue weighted by molar-refractivity contribution is 0.317. The van der Waals surface area contributed by atoms with Crippen LogP contribution in [0.25, 0.3) is 0 Å². The Balaban J connectivity index is 1.70. The van der Waals surface area contributed by atoms with Crippen LogP contribution in [-0.4, -0.2) is 6.61 Å². The van der Waals surface area contributed by atoms with E-state index in [-0.39, 0.29) is 0 Å². The van der Waals surface area contributed by atoms with E-state index in [1.165, 1.54) is 24.0 Å². The Labute approximate surface area is 133 Å². The van der Waals surface area contributed by atoms with E-state index in [0.29, 0.717) is 0 Å². The molecule has 0 saturated carbocycles. The minimum absolute atomic E-state index is 0.731. The fraction of sp³-hybridized carbons (Fsp3) is 0.350. The summed E-state index contributed by atoms with van der Waals surface area (Å²) in [5.41, 5.74) is 3.40. The highest BCUT2D eigenvalue weighted by molar-refractivity contribution is 5.31. The molecule has 0 fully saturated rings. The summed E-state index contributed by atoms with van der Waals surface area (Å²) in [7, 11) is 0. The minimum atomic E-state index is 0.731. The summed E-state index contributed by atoms with van der Waals surface area (Å²) in [5, 5.41) is 8.78. The van der Waals surface area contributed by atoms with Gasteiger partial charge in [0, 0.05) is 0 Å².